The minimum absolute atomic E-state index is 0.154. The molecule has 3 aromatic rings. The molecule has 1 amide bonds. The van der Waals surface area contributed by atoms with Crippen LogP contribution in [0.3, 0.4) is 0 Å². The highest BCUT2D eigenvalue weighted by molar-refractivity contribution is 5.97. The smallest absolute Gasteiger partial charge is 0.287 e. The summed E-state index contributed by atoms with van der Waals surface area (Å²) >= 11 is 0. The molecule has 1 atom stereocenters. The van der Waals surface area contributed by atoms with Gasteiger partial charge in [-0.15, -0.1) is 0 Å². The molecule has 0 aliphatic rings. The Morgan fingerprint density at radius 2 is 1.83 bits per heavy atom. The van der Waals surface area contributed by atoms with Crippen molar-refractivity contribution in [3.05, 3.63) is 59.9 Å². The van der Waals surface area contributed by atoms with Crippen LogP contribution in [0.4, 0.5) is 0 Å². The third-order valence-electron chi connectivity index (χ3n) is 3.92. The first kappa shape index (κ1) is 15.9. The number of carbonyl (C=O) groups excluding carboxylic acids is 1. The first-order chi connectivity index (χ1) is 11.6. The molecule has 0 aliphatic carbocycles. The van der Waals surface area contributed by atoms with E-state index in [-0.39, 0.29) is 17.7 Å². The maximum absolute atomic E-state index is 12.5. The summed E-state index contributed by atoms with van der Waals surface area (Å²) in [6.07, 6.45) is 0. The summed E-state index contributed by atoms with van der Waals surface area (Å²) in [7, 11) is 3.19. The fourth-order valence-electron chi connectivity index (χ4n) is 2.55. The normalized spacial score (nSPS) is 12.0. The van der Waals surface area contributed by atoms with Crippen molar-refractivity contribution in [2.75, 3.05) is 14.2 Å². The quantitative estimate of drug-likeness (QED) is 0.772. The second-order valence-corrected chi connectivity index (χ2v) is 5.46. The molecule has 0 aliphatic heterocycles. The van der Waals surface area contributed by atoms with Crippen molar-refractivity contribution in [3.8, 4) is 11.5 Å². The Morgan fingerprint density at radius 1 is 1.08 bits per heavy atom. The third kappa shape index (κ3) is 3.06. The van der Waals surface area contributed by atoms with Crippen LogP contribution < -0.4 is 14.8 Å². The number of benzene rings is 2. The minimum Gasteiger partial charge on any atom is -0.497 e. The van der Waals surface area contributed by atoms with Crippen LogP contribution in [0.25, 0.3) is 11.0 Å². The highest BCUT2D eigenvalue weighted by Gasteiger charge is 2.17. The van der Waals surface area contributed by atoms with Crippen LogP contribution in [0.15, 0.2) is 52.9 Å². The molecule has 5 nitrogen and oxygen atoms in total. The summed E-state index contributed by atoms with van der Waals surface area (Å²) in [5.41, 5.74) is 1.56. The van der Waals surface area contributed by atoms with Crippen molar-refractivity contribution in [1.29, 1.82) is 0 Å². The molecule has 24 heavy (non-hydrogen) atoms. The molecule has 2 aromatic carbocycles. The van der Waals surface area contributed by atoms with Crippen molar-refractivity contribution in [3.63, 3.8) is 0 Å². The summed E-state index contributed by atoms with van der Waals surface area (Å²) in [6, 6.07) is 14.7. The number of hydrogen-bond donors (Lipinski definition) is 1. The lowest BCUT2D eigenvalue weighted by atomic mass is 10.1. The fraction of sp³-hybridized carbons (Fsp3) is 0.211. The Balaban J connectivity index is 1.78. The zero-order valence-electron chi connectivity index (χ0n) is 13.8. The van der Waals surface area contributed by atoms with E-state index in [9.17, 15) is 4.79 Å². The SMILES string of the molecule is COc1ccc([C@H](C)NC(=O)c2cc3cccc(OC)c3o2)cc1. The van der Waals surface area contributed by atoms with Gasteiger partial charge in [0, 0.05) is 5.39 Å². The molecule has 0 radical (unpaired) electrons. The summed E-state index contributed by atoms with van der Waals surface area (Å²) in [5, 5.41) is 3.76. The van der Waals surface area contributed by atoms with Gasteiger partial charge in [0.1, 0.15) is 5.75 Å². The molecular formula is C19H19NO4. The zero-order valence-corrected chi connectivity index (χ0v) is 13.8. The van der Waals surface area contributed by atoms with Crippen LogP contribution in [0.2, 0.25) is 0 Å². The van der Waals surface area contributed by atoms with Gasteiger partial charge in [-0.25, -0.2) is 0 Å². The van der Waals surface area contributed by atoms with Crippen molar-refractivity contribution in [2.24, 2.45) is 0 Å². The number of methoxy groups -OCH3 is 2. The Bertz CT molecular complexity index is 851. The second kappa shape index (κ2) is 6.66. The highest BCUT2D eigenvalue weighted by atomic mass is 16.5. The molecule has 1 aromatic heterocycles. The molecule has 3 rings (SSSR count). The van der Waals surface area contributed by atoms with Gasteiger partial charge < -0.3 is 19.2 Å². The van der Waals surface area contributed by atoms with Gasteiger partial charge in [0.2, 0.25) is 0 Å². The second-order valence-electron chi connectivity index (χ2n) is 5.46. The monoisotopic (exact) mass is 325 g/mol. The molecule has 0 unspecified atom stereocenters. The van der Waals surface area contributed by atoms with Crippen molar-refractivity contribution in [1.82, 2.24) is 5.32 Å². The van der Waals surface area contributed by atoms with Gasteiger partial charge in [0.25, 0.3) is 5.91 Å². The van der Waals surface area contributed by atoms with Crippen molar-refractivity contribution in [2.45, 2.75) is 13.0 Å². The Morgan fingerprint density at radius 3 is 2.50 bits per heavy atom. The maximum atomic E-state index is 12.5. The van der Waals surface area contributed by atoms with E-state index in [1.54, 1.807) is 26.4 Å². The predicted octanol–water partition coefficient (Wildman–Crippen LogP) is 3.94. The number of nitrogens with one attached hydrogen (secondary N) is 1. The largest absolute Gasteiger partial charge is 0.497 e. The molecule has 0 bridgehead atoms. The summed E-state index contributed by atoms with van der Waals surface area (Å²) in [5.74, 6) is 1.38. The Kier molecular flexibility index (Phi) is 4.42. The Labute approximate surface area is 140 Å². The Hall–Kier alpha value is -2.95. The van der Waals surface area contributed by atoms with E-state index in [2.05, 4.69) is 5.32 Å². The van der Waals surface area contributed by atoms with E-state index in [1.165, 1.54) is 0 Å². The maximum Gasteiger partial charge on any atom is 0.287 e. The lowest BCUT2D eigenvalue weighted by Gasteiger charge is -2.13. The first-order valence-electron chi connectivity index (χ1n) is 7.63. The molecule has 5 heteroatoms. The standard InChI is InChI=1S/C19H19NO4/c1-12(13-7-9-15(22-2)10-8-13)20-19(21)17-11-14-5-4-6-16(23-3)18(14)24-17/h4-12H,1-3H3,(H,20,21)/t12-/m0/s1. The van der Waals surface area contributed by atoms with E-state index >= 15 is 0 Å². The van der Waals surface area contributed by atoms with E-state index in [4.69, 9.17) is 13.9 Å². The number of hydrogen-bond acceptors (Lipinski definition) is 4. The summed E-state index contributed by atoms with van der Waals surface area (Å²) in [4.78, 5) is 12.5. The summed E-state index contributed by atoms with van der Waals surface area (Å²) < 4.78 is 16.1. The lowest BCUT2D eigenvalue weighted by molar-refractivity contribution is 0.0914. The number of fused-ring (bicyclic) bond motifs is 1. The van der Waals surface area contributed by atoms with Crippen LogP contribution in [0.1, 0.15) is 29.1 Å². The minimum atomic E-state index is -0.267. The molecule has 1 heterocycles. The third-order valence-corrected chi connectivity index (χ3v) is 3.92. The first-order valence-corrected chi connectivity index (χ1v) is 7.63. The predicted molar refractivity (Wildman–Crippen MR) is 91.6 cm³/mol. The number of carbonyl (C=O) groups is 1. The fourth-order valence-corrected chi connectivity index (χ4v) is 2.55. The average molecular weight is 325 g/mol. The molecule has 0 saturated carbocycles. The van der Waals surface area contributed by atoms with Gasteiger partial charge in [-0.1, -0.05) is 24.3 Å². The van der Waals surface area contributed by atoms with Gasteiger partial charge in [0.05, 0.1) is 20.3 Å². The number of furan rings is 1. The van der Waals surface area contributed by atoms with E-state index < -0.39 is 0 Å². The number of para-hydroxylation sites is 1. The number of rotatable bonds is 5. The molecule has 0 fully saturated rings. The molecule has 0 saturated heterocycles. The molecule has 0 spiro atoms. The van der Waals surface area contributed by atoms with Crippen LogP contribution in [0, 0.1) is 0 Å². The molecule has 1 N–H and O–H groups in total. The van der Waals surface area contributed by atoms with Gasteiger partial charge in [-0.05, 0) is 36.8 Å². The van der Waals surface area contributed by atoms with E-state index in [0.29, 0.717) is 11.3 Å². The van der Waals surface area contributed by atoms with E-state index in [1.807, 2.05) is 43.3 Å². The van der Waals surface area contributed by atoms with Crippen LogP contribution >= 0.6 is 0 Å². The van der Waals surface area contributed by atoms with Gasteiger partial charge in [-0.2, -0.15) is 0 Å². The summed E-state index contributed by atoms with van der Waals surface area (Å²) in [6.45, 7) is 1.92. The van der Waals surface area contributed by atoms with E-state index in [0.717, 1.165) is 16.7 Å². The van der Waals surface area contributed by atoms with Crippen LogP contribution in [-0.4, -0.2) is 20.1 Å². The van der Waals surface area contributed by atoms with Gasteiger partial charge >= 0.3 is 0 Å². The van der Waals surface area contributed by atoms with Crippen molar-refractivity contribution < 1.29 is 18.7 Å². The van der Waals surface area contributed by atoms with Crippen LogP contribution in [-0.2, 0) is 0 Å². The van der Waals surface area contributed by atoms with Crippen LogP contribution in [0.5, 0.6) is 11.5 Å². The lowest BCUT2D eigenvalue weighted by Crippen LogP contribution is -2.26. The van der Waals surface area contributed by atoms with Gasteiger partial charge in [0.15, 0.2) is 17.1 Å². The number of ether oxygens (including phenoxy) is 2. The zero-order chi connectivity index (χ0) is 17.1. The molecular weight excluding hydrogens is 306 g/mol. The van der Waals surface area contributed by atoms with Gasteiger partial charge in [-0.3, -0.25) is 4.79 Å². The number of amides is 1. The highest BCUT2D eigenvalue weighted by Crippen LogP contribution is 2.28. The topological polar surface area (TPSA) is 60.7 Å². The van der Waals surface area contributed by atoms with Crippen molar-refractivity contribution >= 4 is 16.9 Å². The molecule has 124 valence electrons. The average Bonchev–Trinajstić information content (AvgIpc) is 3.06.